The average molecular weight is 304 g/mol. The summed E-state index contributed by atoms with van der Waals surface area (Å²) in [5, 5.41) is 0. The van der Waals surface area contributed by atoms with Crippen molar-refractivity contribution in [3.8, 4) is 0 Å². The lowest BCUT2D eigenvalue weighted by Crippen LogP contribution is -2.44. The molecule has 22 heavy (non-hydrogen) atoms. The van der Waals surface area contributed by atoms with Crippen molar-refractivity contribution < 1.29 is 4.39 Å². The molecule has 0 amide bonds. The third kappa shape index (κ3) is 4.30. The monoisotopic (exact) mass is 304 g/mol. The van der Waals surface area contributed by atoms with Crippen molar-refractivity contribution in [3.63, 3.8) is 0 Å². The molecular formula is C19H29FN2. The maximum absolute atomic E-state index is 13.0. The summed E-state index contributed by atoms with van der Waals surface area (Å²) in [6.07, 6.45) is 8.83. The molecule has 1 aromatic carbocycles. The zero-order chi connectivity index (χ0) is 15.4. The molecule has 2 fully saturated rings. The van der Waals surface area contributed by atoms with Gasteiger partial charge in [-0.2, -0.15) is 0 Å². The second kappa shape index (κ2) is 7.56. The molecule has 3 rings (SSSR count). The molecule has 2 unspecified atom stereocenters. The van der Waals surface area contributed by atoms with Gasteiger partial charge in [0.2, 0.25) is 0 Å². The van der Waals surface area contributed by atoms with Crippen molar-refractivity contribution in [2.24, 2.45) is 17.6 Å². The maximum Gasteiger partial charge on any atom is 0.123 e. The fraction of sp³-hybridized carbons (Fsp3) is 0.684. The minimum atomic E-state index is -0.137. The number of likely N-dealkylation sites (tertiary alicyclic amines) is 1. The van der Waals surface area contributed by atoms with Crippen LogP contribution in [0.1, 0.15) is 44.1 Å². The van der Waals surface area contributed by atoms with Crippen LogP contribution in [0, 0.1) is 17.7 Å². The number of halogens is 1. The van der Waals surface area contributed by atoms with E-state index in [9.17, 15) is 4.39 Å². The highest BCUT2D eigenvalue weighted by Gasteiger charge is 2.26. The largest absolute Gasteiger partial charge is 0.327 e. The van der Waals surface area contributed by atoms with Crippen LogP contribution >= 0.6 is 0 Å². The Labute approximate surface area is 133 Å². The van der Waals surface area contributed by atoms with Crippen molar-refractivity contribution >= 4 is 0 Å². The summed E-state index contributed by atoms with van der Waals surface area (Å²) in [6, 6.07) is 7.45. The predicted octanol–water partition coefficient (Wildman–Crippen LogP) is 3.60. The van der Waals surface area contributed by atoms with E-state index in [0.717, 1.165) is 12.3 Å². The third-order valence-electron chi connectivity index (χ3n) is 5.61. The first-order valence-electron chi connectivity index (χ1n) is 8.93. The molecule has 2 aliphatic rings. The summed E-state index contributed by atoms with van der Waals surface area (Å²) in [6.45, 7) is 3.61. The zero-order valence-corrected chi connectivity index (χ0v) is 13.5. The summed E-state index contributed by atoms with van der Waals surface area (Å²) in [4.78, 5) is 2.62. The van der Waals surface area contributed by atoms with E-state index in [-0.39, 0.29) is 5.82 Å². The van der Waals surface area contributed by atoms with Gasteiger partial charge in [0.05, 0.1) is 0 Å². The molecule has 2 N–H and O–H groups in total. The summed E-state index contributed by atoms with van der Waals surface area (Å²) in [5.41, 5.74) is 7.55. The Hall–Kier alpha value is -0.930. The van der Waals surface area contributed by atoms with E-state index in [4.69, 9.17) is 5.73 Å². The molecule has 1 aliphatic carbocycles. The van der Waals surface area contributed by atoms with Crippen molar-refractivity contribution in [3.05, 3.63) is 35.6 Å². The molecule has 0 aromatic heterocycles. The summed E-state index contributed by atoms with van der Waals surface area (Å²) in [5.74, 6) is 1.33. The lowest BCUT2D eigenvalue weighted by molar-refractivity contribution is 0.137. The second-order valence-electron chi connectivity index (χ2n) is 7.28. The van der Waals surface area contributed by atoms with Gasteiger partial charge in [-0.1, -0.05) is 25.0 Å². The van der Waals surface area contributed by atoms with Crippen LogP contribution in [0.25, 0.3) is 0 Å². The molecule has 1 aliphatic heterocycles. The molecule has 0 bridgehead atoms. The highest BCUT2D eigenvalue weighted by Crippen LogP contribution is 2.27. The Morgan fingerprint density at radius 3 is 2.36 bits per heavy atom. The first-order chi connectivity index (χ1) is 10.7. The number of rotatable bonds is 4. The Bertz CT molecular complexity index is 451. The molecule has 2 atom stereocenters. The van der Waals surface area contributed by atoms with E-state index < -0.39 is 0 Å². The van der Waals surface area contributed by atoms with Gasteiger partial charge in [0.25, 0.3) is 0 Å². The fourth-order valence-corrected chi connectivity index (χ4v) is 4.12. The van der Waals surface area contributed by atoms with E-state index in [0.29, 0.717) is 12.0 Å². The molecule has 1 aromatic rings. The zero-order valence-electron chi connectivity index (χ0n) is 13.5. The third-order valence-corrected chi connectivity index (χ3v) is 5.61. The van der Waals surface area contributed by atoms with Gasteiger partial charge in [-0.05, 0) is 74.7 Å². The SMILES string of the molecule is NC1CCCCC1CN1CCC(Cc2ccc(F)cc2)CC1. The Kier molecular flexibility index (Phi) is 5.48. The van der Waals surface area contributed by atoms with Gasteiger partial charge in [-0.25, -0.2) is 4.39 Å². The second-order valence-corrected chi connectivity index (χ2v) is 7.28. The molecule has 3 heteroatoms. The number of piperidine rings is 1. The van der Waals surface area contributed by atoms with Gasteiger partial charge in [-0.15, -0.1) is 0 Å². The number of hydrogen-bond acceptors (Lipinski definition) is 2. The summed E-state index contributed by atoms with van der Waals surface area (Å²) < 4.78 is 13.0. The highest BCUT2D eigenvalue weighted by atomic mass is 19.1. The van der Waals surface area contributed by atoms with Crippen LogP contribution in [0.5, 0.6) is 0 Å². The lowest BCUT2D eigenvalue weighted by Gasteiger charge is -2.37. The van der Waals surface area contributed by atoms with Crippen molar-refractivity contribution in [1.82, 2.24) is 4.90 Å². The normalized spacial score (nSPS) is 27.9. The van der Waals surface area contributed by atoms with Crippen LogP contribution in [-0.2, 0) is 6.42 Å². The van der Waals surface area contributed by atoms with Crippen molar-refractivity contribution in [2.45, 2.75) is 51.0 Å². The van der Waals surface area contributed by atoms with Crippen LogP contribution in [-0.4, -0.2) is 30.6 Å². The van der Waals surface area contributed by atoms with Gasteiger partial charge >= 0.3 is 0 Å². The minimum absolute atomic E-state index is 0.137. The molecular weight excluding hydrogens is 275 g/mol. The number of nitrogens with two attached hydrogens (primary N) is 1. The average Bonchev–Trinajstić information content (AvgIpc) is 2.54. The fourth-order valence-electron chi connectivity index (χ4n) is 4.12. The summed E-state index contributed by atoms with van der Waals surface area (Å²) >= 11 is 0. The number of hydrogen-bond donors (Lipinski definition) is 1. The Balaban J connectivity index is 1.43. The predicted molar refractivity (Wildman–Crippen MR) is 89.2 cm³/mol. The molecule has 1 saturated carbocycles. The van der Waals surface area contributed by atoms with Crippen molar-refractivity contribution in [1.29, 1.82) is 0 Å². The van der Waals surface area contributed by atoms with Gasteiger partial charge in [0, 0.05) is 12.6 Å². The van der Waals surface area contributed by atoms with Crippen LogP contribution in [0.15, 0.2) is 24.3 Å². The van der Waals surface area contributed by atoms with Crippen molar-refractivity contribution in [2.75, 3.05) is 19.6 Å². The topological polar surface area (TPSA) is 29.3 Å². The molecule has 122 valence electrons. The maximum atomic E-state index is 13.0. The quantitative estimate of drug-likeness (QED) is 0.921. The van der Waals surface area contributed by atoms with E-state index >= 15 is 0 Å². The molecule has 0 radical (unpaired) electrons. The summed E-state index contributed by atoms with van der Waals surface area (Å²) in [7, 11) is 0. The number of nitrogens with zero attached hydrogens (tertiary/aromatic N) is 1. The Morgan fingerprint density at radius 2 is 1.68 bits per heavy atom. The van der Waals surface area contributed by atoms with Gasteiger partial charge in [0.1, 0.15) is 5.82 Å². The van der Waals surface area contributed by atoms with E-state index in [1.165, 1.54) is 63.7 Å². The molecule has 0 spiro atoms. The Morgan fingerprint density at radius 1 is 1.00 bits per heavy atom. The van der Waals surface area contributed by atoms with E-state index in [2.05, 4.69) is 4.90 Å². The first kappa shape index (κ1) is 15.9. The molecule has 1 heterocycles. The smallest absolute Gasteiger partial charge is 0.123 e. The van der Waals surface area contributed by atoms with Crippen LogP contribution < -0.4 is 5.73 Å². The highest BCUT2D eigenvalue weighted by molar-refractivity contribution is 5.16. The van der Waals surface area contributed by atoms with Crippen LogP contribution in [0.3, 0.4) is 0 Å². The molecule has 1 saturated heterocycles. The standard InChI is InChI=1S/C19H29FN2/c20-18-7-5-15(6-8-18)13-16-9-11-22(12-10-16)14-17-3-1-2-4-19(17)21/h5-8,16-17,19H,1-4,9-14,21H2. The van der Waals surface area contributed by atoms with Crippen LogP contribution in [0.2, 0.25) is 0 Å². The van der Waals surface area contributed by atoms with Gasteiger partial charge < -0.3 is 10.6 Å². The van der Waals surface area contributed by atoms with Gasteiger partial charge in [-0.3, -0.25) is 0 Å². The number of benzene rings is 1. The van der Waals surface area contributed by atoms with Gasteiger partial charge in [0.15, 0.2) is 0 Å². The van der Waals surface area contributed by atoms with Crippen LogP contribution in [0.4, 0.5) is 4.39 Å². The lowest BCUT2D eigenvalue weighted by atomic mass is 9.83. The van der Waals surface area contributed by atoms with E-state index in [1.54, 1.807) is 12.1 Å². The minimum Gasteiger partial charge on any atom is -0.327 e. The van der Waals surface area contributed by atoms with E-state index in [1.807, 2.05) is 12.1 Å². The molecule has 2 nitrogen and oxygen atoms in total. The first-order valence-corrected chi connectivity index (χ1v) is 8.93.